The molecule has 2 aromatic rings. The summed E-state index contributed by atoms with van der Waals surface area (Å²) in [4.78, 5) is 20.0. The number of rotatable bonds is 7. The number of methoxy groups -OCH3 is 1. The van der Waals surface area contributed by atoms with Gasteiger partial charge in [-0.1, -0.05) is 32.4 Å². The Morgan fingerprint density at radius 3 is 2.66 bits per heavy atom. The van der Waals surface area contributed by atoms with Gasteiger partial charge in [-0.3, -0.25) is 0 Å². The van der Waals surface area contributed by atoms with Crippen LogP contribution in [0.4, 0.5) is 10.9 Å². The first-order valence-corrected chi connectivity index (χ1v) is 15.1. The van der Waals surface area contributed by atoms with Gasteiger partial charge in [-0.25, -0.2) is 9.78 Å². The van der Waals surface area contributed by atoms with Crippen molar-refractivity contribution in [3.8, 4) is 0 Å². The van der Waals surface area contributed by atoms with Crippen molar-refractivity contribution in [1.29, 1.82) is 0 Å². The number of aryl methyl sites for hydroxylation is 1. The Morgan fingerprint density at radius 1 is 1.28 bits per heavy atom. The van der Waals surface area contributed by atoms with Crippen molar-refractivity contribution in [3.05, 3.63) is 26.9 Å². The van der Waals surface area contributed by atoms with Gasteiger partial charge in [0.05, 0.1) is 7.11 Å². The Labute approximate surface area is 200 Å². The van der Waals surface area contributed by atoms with E-state index in [1.165, 1.54) is 18.4 Å². The molecule has 2 aromatic heterocycles. The van der Waals surface area contributed by atoms with Gasteiger partial charge in [0, 0.05) is 23.6 Å². The van der Waals surface area contributed by atoms with Gasteiger partial charge in [-0.15, -0.1) is 21.5 Å². The number of thiazole rings is 1. The van der Waals surface area contributed by atoms with E-state index in [4.69, 9.17) is 20.8 Å². The van der Waals surface area contributed by atoms with Crippen LogP contribution in [0.1, 0.15) is 60.1 Å². The molecule has 176 valence electrons. The Kier molecular flexibility index (Phi) is 7.64. The van der Waals surface area contributed by atoms with Crippen molar-refractivity contribution in [3.63, 3.8) is 0 Å². The van der Waals surface area contributed by atoms with E-state index in [0.29, 0.717) is 23.9 Å². The molecule has 0 saturated heterocycles. The maximum absolute atomic E-state index is 12.4. The summed E-state index contributed by atoms with van der Waals surface area (Å²) in [6, 6.07) is 0. The van der Waals surface area contributed by atoms with E-state index in [-0.39, 0.29) is 5.04 Å². The number of hydrogen-bond donors (Lipinski definition) is 0. The van der Waals surface area contributed by atoms with E-state index >= 15 is 0 Å². The molecule has 0 fully saturated rings. The lowest BCUT2D eigenvalue weighted by Gasteiger charge is -2.36. The van der Waals surface area contributed by atoms with Crippen molar-refractivity contribution in [2.24, 2.45) is 0 Å². The lowest BCUT2D eigenvalue weighted by atomic mass is 10.0. The van der Waals surface area contributed by atoms with Gasteiger partial charge in [-0.05, 0) is 56.3 Å². The fourth-order valence-corrected chi connectivity index (χ4v) is 5.75. The molecule has 0 spiro atoms. The summed E-state index contributed by atoms with van der Waals surface area (Å²) in [5.74, 6) is 0.361. The normalized spacial score (nSPS) is 14.4. The molecule has 3 heterocycles. The van der Waals surface area contributed by atoms with Crippen LogP contribution in [0, 0.1) is 6.92 Å². The predicted molar refractivity (Wildman–Crippen MR) is 132 cm³/mol. The molecule has 0 N–H and O–H groups in total. The molecule has 0 amide bonds. The highest BCUT2D eigenvalue weighted by Gasteiger charge is 2.37. The average molecular weight is 497 g/mol. The fraction of sp³-hybridized carbons (Fsp3) is 0.636. The van der Waals surface area contributed by atoms with Gasteiger partial charge >= 0.3 is 5.97 Å². The third-order valence-corrected chi connectivity index (χ3v) is 12.5. The lowest BCUT2D eigenvalue weighted by Crippen LogP contribution is -2.41. The maximum atomic E-state index is 12.4. The van der Waals surface area contributed by atoms with Gasteiger partial charge in [0.2, 0.25) is 0 Å². The third-order valence-electron chi connectivity index (χ3n) is 6.44. The van der Waals surface area contributed by atoms with E-state index in [1.54, 1.807) is 0 Å². The van der Waals surface area contributed by atoms with E-state index < -0.39 is 14.3 Å². The van der Waals surface area contributed by atoms with Crippen LogP contribution in [0.2, 0.25) is 23.3 Å². The number of halogens is 1. The quantitative estimate of drug-likeness (QED) is 0.275. The summed E-state index contributed by atoms with van der Waals surface area (Å²) in [7, 11) is -0.407. The first-order valence-electron chi connectivity index (χ1n) is 11.0. The first kappa shape index (κ1) is 25.1. The van der Waals surface area contributed by atoms with E-state index in [9.17, 15) is 4.79 Å². The Balaban J connectivity index is 1.81. The largest absolute Gasteiger partial charge is 0.464 e. The summed E-state index contributed by atoms with van der Waals surface area (Å²) >= 11 is 7.70. The van der Waals surface area contributed by atoms with E-state index in [0.717, 1.165) is 52.8 Å². The minimum absolute atomic E-state index is 0.172. The first-order chi connectivity index (χ1) is 15.0. The summed E-state index contributed by atoms with van der Waals surface area (Å²) in [5, 5.41) is 9.79. The van der Waals surface area contributed by atoms with E-state index in [1.807, 2.05) is 11.8 Å². The van der Waals surface area contributed by atoms with Gasteiger partial charge < -0.3 is 14.1 Å². The van der Waals surface area contributed by atoms with Gasteiger partial charge in [0.25, 0.3) is 0 Å². The molecule has 7 nitrogen and oxygen atoms in total. The molecule has 0 radical (unpaired) electrons. The third kappa shape index (κ3) is 5.16. The Morgan fingerprint density at radius 2 is 2.00 bits per heavy atom. The predicted octanol–water partition coefficient (Wildman–Crippen LogP) is 5.72. The number of anilines is 2. The summed E-state index contributed by atoms with van der Waals surface area (Å²) in [6.45, 7) is 14.6. The second kappa shape index (κ2) is 9.75. The van der Waals surface area contributed by atoms with Crippen LogP contribution in [0.3, 0.4) is 0 Å². The SMILES string of the molecule is COC(=O)c1nc(N2CCCc3c2nnc(Cl)c3C)sc1CCCO[Si](C)(C)C(C)(C)C. The smallest absolute Gasteiger partial charge is 0.357 e. The zero-order chi connectivity index (χ0) is 23.7. The van der Waals surface area contributed by atoms with Crippen molar-refractivity contribution < 1.29 is 14.0 Å². The van der Waals surface area contributed by atoms with Crippen molar-refractivity contribution >= 4 is 48.2 Å². The number of carbonyl (C=O) groups is 1. The molecule has 0 saturated carbocycles. The van der Waals surface area contributed by atoms with Crippen LogP contribution >= 0.6 is 22.9 Å². The number of carbonyl (C=O) groups excluding carboxylic acids is 1. The van der Waals surface area contributed by atoms with Crippen LogP contribution in [0.15, 0.2) is 0 Å². The van der Waals surface area contributed by atoms with Gasteiger partial charge in [0.1, 0.15) is 0 Å². The summed E-state index contributed by atoms with van der Waals surface area (Å²) < 4.78 is 11.3. The highest BCUT2D eigenvalue weighted by Crippen LogP contribution is 2.39. The van der Waals surface area contributed by atoms with Crippen molar-refractivity contribution in [2.45, 2.75) is 71.5 Å². The standard InChI is InChI=1S/C22H33ClN4O3SSi/c1-14-15-10-8-12-27(19(15)26-25-18(14)23)21-24-17(20(28)29-5)16(31-21)11-9-13-30-32(6,7)22(2,3)4/h8-13H2,1-7H3. The van der Waals surface area contributed by atoms with Crippen LogP contribution in [-0.2, 0) is 22.0 Å². The number of nitrogens with zero attached hydrogens (tertiary/aromatic N) is 4. The molecule has 0 aliphatic carbocycles. The second-order valence-electron chi connectivity index (χ2n) is 9.65. The number of esters is 1. The number of ether oxygens (including phenoxy) is 1. The minimum Gasteiger partial charge on any atom is -0.464 e. The van der Waals surface area contributed by atoms with Crippen LogP contribution < -0.4 is 4.90 Å². The topological polar surface area (TPSA) is 77.4 Å². The van der Waals surface area contributed by atoms with Gasteiger partial charge in [0.15, 0.2) is 30.1 Å². The van der Waals surface area contributed by atoms with Gasteiger partial charge in [-0.2, -0.15) is 0 Å². The molecule has 1 aliphatic heterocycles. The highest BCUT2D eigenvalue weighted by molar-refractivity contribution is 7.16. The lowest BCUT2D eigenvalue weighted by molar-refractivity contribution is 0.0593. The molecule has 0 bridgehead atoms. The molecule has 1 aliphatic rings. The van der Waals surface area contributed by atoms with Crippen molar-refractivity contribution in [2.75, 3.05) is 25.2 Å². The Bertz CT molecular complexity index is 990. The fourth-order valence-electron chi connectivity index (χ4n) is 3.40. The van der Waals surface area contributed by atoms with E-state index in [2.05, 4.69) is 49.0 Å². The number of aromatic nitrogens is 3. The molecule has 0 unspecified atom stereocenters. The molecular formula is C22H33ClN4O3SSi. The van der Waals surface area contributed by atoms with Crippen molar-refractivity contribution in [1.82, 2.24) is 15.2 Å². The summed E-state index contributed by atoms with van der Waals surface area (Å²) in [6.07, 6.45) is 3.39. The molecule has 32 heavy (non-hydrogen) atoms. The zero-order valence-electron chi connectivity index (χ0n) is 20.0. The molecule has 0 aromatic carbocycles. The monoisotopic (exact) mass is 496 g/mol. The second-order valence-corrected chi connectivity index (χ2v) is 15.9. The number of hydrogen-bond acceptors (Lipinski definition) is 8. The van der Waals surface area contributed by atoms with Crippen LogP contribution in [0.5, 0.6) is 0 Å². The van der Waals surface area contributed by atoms with Crippen LogP contribution in [-0.4, -0.2) is 49.7 Å². The molecular weight excluding hydrogens is 464 g/mol. The number of fused-ring (bicyclic) bond motifs is 1. The molecule has 0 atom stereocenters. The Hall–Kier alpha value is -1.55. The maximum Gasteiger partial charge on any atom is 0.357 e. The minimum atomic E-state index is -1.79. The average Bonchev–Trinajstić information content (AvgIpc) is 3.16. The molecule has 3 rings (SSSR count). The van der Waals surface area contributed by atoms with Crippen LogP contribution in [0.25, 0.3) is 0 Å². The zero-order valence-corrected chi connectivity index (χ0v) is 22.6. The summed E-state index contributed by atoms with van der Waals surface area (Å²) in [5.41, 5.74) is 2.43. The molecule has 10 heteroatoms. The highest BCUT2D eigenvalue weighted by atomic mass is 35.5.